The van der Waals surface area contributed by atoms with Crippen LogP contribution in [0.25, 0.3) is 10.4 Å². The Balaban J connectivity index is 1.25. The van der Waals surface area contributed by atoms with Crippen LogP contribution in [0.2, 0.25) is 0 Å². The molecule has 41 heavy (non-hydrogen) atoms. The molecule has 1 saturated heterocycles. The number of carbonyl (C=O) groups is 2. The summed E-state index contributed by atoms with van der Waals surface area (Å²) < 4.78 is 5.42. The lowest BCUT2D eigenvalue weighted by atomic mass is 10.1. The van der Waals surface area contributed by atoms with Crippen molar-refractivity contribution in [2.45, 2.75) is 32.9 Å². The van der Waals surface area contributed by atoms with Crippen molar-refractivity contribution in [1.82, 2.24) is 9.88 Å². The van der Waals surface area contributed by atoms with Gasteiger partial charge in [-0.05, 0) is 91.9 Å². The minimum absolute atomic E-state index is 0.255. The second kappa shape index (κ2) is 12.5. The van der Waals surface area contributed by atoms with E-state index in [1.807, 2.05) is 66.3 Å². The molecule has 0 bridgehead atoms. The van der Waals surface area contributed by atoms with Gasteiger partial charge >= 0.3 is 6.09 Å². The molecule has 0 radical (unpaired) electrons. The van der Waals surface area contributed by atoms with E-state index in [4.69, 9.17) is 4.74 Å². The van der Waals surface area contributed by atoms with Crippen LogP contribution in [0.5, 0.6) is 0 Å². The molecule has 0 saturated carbocycles. The molecule has 0 unspecified atom stereocenters. The van der Waals surface area contributed by atoms with Gasteiger partial charge in [-0.1, -0.05) is 12.1 Å². The average Bonchev–Trinajstić information content (AvgIpc) is 3.49. The summed E-state index contributed by atoms with van der Waals surface area (Å²) in [6, 6.07) is 21.4. The molecular formula is C32H35N5O3S. The molecule has 2 N–H and O–H groups in total. The van der Waals surface area contributed by atoms with E-state index in [1.165, 1.54) is 5.56 Å². The number of benzene rings is 2. The number of amides is 2. The molecule has 8 nitrogen and oxygen atoms in total. The molecule has 0 aliphatic carbocycles. The van der Waals surface area contributed by atoms with Gasteiger partial charge in [-0.25, -0.2) is 4.79 Å². The Kier molecular flexibility index (Phi) is 8.66. The van der Waals surface area contributed by atoms with E-state index in [9.17, 15) is 9.59 Å². The SMILES string of the molecule is CC(C)(C)OC(=O)Nc1ccc(-c2cccs2)cc1NC(=O)c1ccc(N2CCN(Cc3ccncc3)CC2)cc1. The third-order valence-electron chi connectivity index (χ3n) is 6.73. The van der Waals surface area contributed by atoms with Gasteiger partial charge in [-0.15, -0.1) is 11.3 Å². The lowest BCUT2D eigenvalue weighted by molar-refractivity contribution is 0.0635. The van der Waals surface area contributed by atoms with Gasteiger partial charge in [0.15, 0.2) is 0 Å². The maximum atomic E-state index is 13.3. The zero-order chi connectivity index (χ0) is 28.8. The number of nitrogens with one attached hydrogen (secondary N) is 2. The van der Waals surface area contributed by atoms with E-state index in [2.05, 4.69) is 37.6 Å². The summed E-state index contributed by atoms with van der Waals surface area (Å²) in [5.41, 5.74) is 4.18. The summed E-state index contributed by atoms with van der Waals surface area (Å²) in [4.78, 5) is 35.8. The van der Waals surface area contributed by atoms with Gasteiger partial charge in [0.25, 0.3) is 5.91 Å². The lowest BCUT2D eigenvalue weighted by Gasteiger charge is -2.36. The first-order valence-corrected chi connectivity index (χ1v) is 14.6. The highest BCUT2D eigenvalue weighted by Crippen LogP contribution is 2.32. The van der Waals surface area contributed by atoms with E-state index >= 15 is 0 Å². The van der Waals surface area contributed by atoms with Crippen LogP contribution >= 0.6 is 11.3 Å². The second-order valence-corrected chi connectivity index (χ2v) is 11.9. The Bertz CT molecular complexity index is 1460. The highest BCUT2D eigenvalue weighted by molar-refractivity contribution is 7.13. The predicted molar refractivity (Wildman–Crippen MR) is 166 cm³/mol. The van der Waals surface area contributed by atoms with Gasteiger partial charge in [-0.2, -0.15) is 0 Å². The number of rotatable bonds is 7. The van der Waals surface area contributed by atoms with Gasteiger partial charge in [0.2, 0.25) is 0 Å². The topological polar surface area (TPSA) is 86.8 Å². The highest BCUT2D eigenvalue weighted by Gasteiger charge is 2.20. The molecule has 2 aromatic carbocycles. The van der Waals surface area contributed by atoms with Crippen LogP contribution in [0.4, 0.5) is 21.9 Å². The smallest absolute Gasteiger partial charge is 0.412 e. The molecule has 1 aliphatic heterocycles. The van der Waals surface area contributed by atoms with Crippen molar-refractivity contribution >= 4 is 40.4 Å². The van der Waals surface area contributed by atoms with Gasteiger partial charge in [0.1, 0.15) is 5.60 Å². The van der Waals surface area contributed by atoms with Crippen LogP contribution in [0, 0.1) is 0 Å². The van der Waals surface area contributed by atoms with Gasteiger partial charge in [0, 0.05) is 61.2 Å². The van der Waals surface area contributed by atoms with E-state index in [0.29, 0.717) is 16.9 Å². The molecule has 1 aliphatic rings. The first-order valence-electron chi connectivity index (χ1n) is 13.7. The van der Waals surface area contributed by atoms with Crippen LogP contribution < -0.4 is 15.5 Å². The van der Waals surface area contributed by atoms with Gasteiger partial charge in [-0.3, -0.25) is 20.0 Å². The van der Waals surface area contributed by atoms with E-state index in [1.54, 1.807) is 38.2 Å². The molecule has 4 aromatic rings. The van der Waals surface area contributed by atoms with Crippen molar-refractivity contribution in [3.8, 4) is 10.4 Å². The molecule has 2 amide bonds. The van der Waals surface area contributed by atoms with E-state index in [-0.39, 0.29) is 5.91 Å². The molecule has 0 spiro atoms. The maximum absolute atomic E-state index is 13.3. The Labute approximate surface area is 245 Å². The maximum Gasteiger partial charge on any atom is 0.412 e. The average molecular weight is 570 g/mol. The van der Waals surface area contributed by atoms with Gasteiger partial charge in [0.05, 0.1) is 11.4 Å². The third kappa shape index (κ3) is 7.71. The fraction of sp³-hybridized carbons (Fsp3) is 0.281. The molecule has 9 heteroatoms. The molecule has 2 aromatic heterocycles. The number of hydrogen-bond acceptors (Lipinski definition) is 7. The van der Waals surface area contributed by atoms with Crippen molar-refractivity contribution in [3.63, 3.8) is 0 Å². The van der Waals surface area contributed by atoms with Crippen LogP contribution in [0.1, 0.15) is 36.7 Å². The zero-order valence-corrected chi connectivity index (χ0v) is 24.4. The first-order chi connectivity index (χ1) is 19.7. The molecule has 1 fully saturated rings. The summed E-state index contributed by atoms with van der Waals surface area (Å²) in [6.07, 6.45) is 3.09. The summed E-state index contributed by atoms with van der Waals surface area (Å²) in [5.74, 6) is -0.255. The Morgan fingerprint density at radius 2 is 1.63 bits per heavy atom. The van der Waals surface area contributed by atoms with Crippen molar-refractivity contribution in [3.05, 3.63) is 95.6 Å². The normalized spacial score (nSPS) is 14.0. The monoisotopic (exact) mass is 569 g/mol. The van der Waals surface area contributed by atoms with Crippen molar-refractivity contribution in [1.29, 1.82) is 0 Å². The standard InChI is InChI=1S/C32H35N5O3S/c1-32(2,3)40-31(39)35-27-11-8-25(29-5-4-20-41-29)21-28(27)34-30(38)24-6-9-26(10-7-24)37-18-16-36(17-19-37)22-23-12-14-33-15-13-23/h4-15,20-21H,16-19,22H2,1-3H3,(H,34,38)(H,35,39). The van der Waals surface area contributed by atoms with Crippen LogP contribution in [-0.2, 0) is 11.3 Å². The van der Waals surface area contributed by atoms with Crippen LogP contribution in [0.15, 0.2) is 84.5 Å². The number of aromatic nitrogens is 1. The number of piperazine rings is 1. The third-order valence-corrected chi connectivity index (χ3v) is 7.65. The molecule has 212 valence electrons. The van der Waals surface area contributed by atoms with Crippen LogP contribution in [0.3, 0.4) is 0 Å². The van der Waals surface area contributed by atoms with Crippen molar-refractivity contribution in [2.24, 2.45) is 0 Å². The molecule has 5 rings (SSSR count). The summed E-state index contributed by atoms with van der Waals surface area (Å²) in [5, 5.41) is 7.78. The summed E-state index contributed by atoms with van der Waals surface area (Å²) in [6.45, 7) is 10.1. The van der Waals surface area contributed by atoms with Crippen molar-refractivity contribution in [2.75, 3.05) is 41.7 Å². The number of ether oxygens (including phenoxy) is 1. The minimum atomic E-state index is -0.640. The number of nitrogens with zero attached hydrogens (tertiary/aromatic N) is 3. The number of pyridine rings is 1. The summed E-state index contributed by atoms with van der Waals surface area (Å²) >= 11 is 1.61. The fourth-order valence-corrected chi connectivity index (χ4v) is 5.42. The summed E-state index contributed by atoms with van der Waals surface area (Å²) in [7, 11) is 0. The van der Waals surface area contributed by atoms with Crippen molar-refractivity contribution < 1.29 is 14.3 Å². The largest absolute Gasteiger partial charge is 0.444 e. The first kappa shape index (κ1) is 28.3. The Hall–Kier alpha value is -4.21. The quantitative estimate of drug-likeness (QED) is 0.257. The second-order valence-electron chi connectivity index (χ2n) is 11.0. The molecule has 0 atom stereocenters. The minimum Gasteiger partial charge on any atom is -0.444 e. The number of hydrogen-bond donors (Lipinski definition) is 2. The fourth-order valence-electron chi connectivity index (χ4n) is 4.70. The zero-order valence-electron chi connectivity index (χ0n) is 23.6. The highest BCUT2D eigenvalue weighted by atomic mass is 32.1. The Morgan fingerprint density at radius 3 is 2.29 bits per heavy atom. The number of anilines is 3. The predicted octanol–water partition coefficient (Wildman–Crippen LogP) is 6.73. The lowest BCUT2D eigenvalue weighted by Crippen LogP contribution is -2.45. The van der Waals surface area contributed by atoms with E-state index in [0.717, 1.165) is 48.9 Å². The number of thiophene rings is 1. The molecular weight excluding hydrogens is 534 g/mol. The Morgan fingerprint density at radius 1 is 0.902 bits per heavy atom. The molecule has 3 heterocycles. The van der Waals surface area contributed by atoms with E-state index < -0.39 is 11.7 Å². The van der Waals surface area contributed by atoms with Gasteiger partial charge < -0.3 is 15.0 Å². The van der Waals surface area contributed by atoms with Crippen LogP contribution in [-0.4, -0.2) is 53.7 Å². The number of carbonyl (C=O) groups excluding carboxylic acids is 2.